The van der Waals surface area contributed by atoms with E-state index in [0.29, 0.717) is 5.69 Å². The molecule has 0 saturated carbocycles. The molecule has 0 aliphatic rings. The largest absolute Gasteiger partial charge is 0.309 e. The van der Waals surface area contributed by atoms with Crippen molar-refractivity contribution in [1.29, 1.82) is 5.26 Å². The molecule has 0 saturated heterocycles. The fourth-order valence-electron chi connectivity index (χ4n) is 5.50. The lowest BCUT2D eigenvalue weighted by atomic mass is 9.93. The highest BCUT2D eigenvalue weighted by Gasteiger charge is 2.14. The van der Waals surface area contributed by atoms with Crippen molar-refractivity contribution in [3.63, 3.8) is 0 Å². The van der Waals surface area contributed by atoms with Crippen LogP contribution in [0.4, 0.5) is 0 Å². The Labute approximate surface area is 226 Å². The molecule has 2 aromatic heterocycles. The van der Waals surface area contributed by atoms with Crippen molar-refractivity contribution in [2.24, 2.45) is 0 Å². The predicted molar refractivity (Wildman–Crippen MR) is 160 cm³/mol. The third-order valence-corrected chi connectivity index (χ3v) is 7.28. The molecule has 0 N–H and O–H groups in total. The van der Waals surface area contributed by atoms with Crippen LogP contribution in [0.3, 0.4) is 0 Å². The van der Waals surface area contributed by atoms with Crippen LogP contribution in [-0.4, -0.2) is 9.55 Å². The van der Waals surface area contributed by atoms with Crippen LogP contribution in [0.2, 0.25) is 0 Å². The first-order chi connectivity index (χ1) is 19.3. The summed E-state index contributed by atoms with van der Waals surface area (Å²) in [7, 11) is 0. The van der Waals surface area contributed by atoms with Crippen molar-refractivity contribution in [3.05, 3.63) is 145 Å². The standard InChI is InChI=1S/C36H23N3/c37-24-34-31(16-9-19-38-34)29-21-27(25-10-2-1-3-11-25)20-28(22-29)26-12-8-13-30(23-26)39-35-17-6-4-14-32(35)33-15-5-7-18-36(33)39/h1-23H. The Morgan fingerprint density at radius 3 is 1.85 bits per heavy atom. The van der Waals surface area contributed by atoms with Crippen LogP contribution >= 0.6 is 0 Å². The molecule has 5 aromatic carbocycles. The van der Waals surface area contributed by atoms with E-state index in [4.69, 9.17) is 0 Å². The van der Waals surface area contributed by atoms with E-state index in [2.05, 4.69) is 131 Å². The number of pyridine rings is 1. The zero-order chi connectivity index (χ0) is 26.2. The molecule has 0 amide bonds. The molecule has 0 atom stereocenters. The molecular formula is C36H23N3. The van der Waals surface area contributed by atoms with Crippen LogP contribution in [0.25, 0.3) is 60.9 Å². The Balaban J connectivity index is 1.45. The quantitative estimate of drug-likeness (QED) is 0.243. The van der Waals surface area contributed by atoms with Gasteiger partial charge in [-0.05, 0) is 82.4 Å². The molecule has 3 nitrogen and oxygen atoms in total. The van der Waals surface area contributed by atoms with E-state index in [1.807, 2.05) is 18.2 Å². The summed E-state index contributed by atoms with van der Waals surface area (Å²) in [4.78, 5) is 4.32. The number of para-hydroxylation sites is 2. The van der Waals surface area contributed by atoms with Gasteiger partial charge in [-0.1, -0.05) is 78.9 Å². The van der Waals surface area contributed by atoms with Crippen molar-refractivity contribution in [2.45, 2.75) is 0 Å². The van der Waals surface area contributed by atoms with E-state index in [9.17, 15) is 5.26 Å². The van der Waals surface area contributed by atoms with Gasteiger partial charge in [-0.2, -0.15) is 5.26 Å². The van der Waals surface area contributed by atoms with E-state index < -0.39 is 0 Å². The minimum absolute atomic E-state index is 0.424. The van der Waals surface area contributed by atoms with Gasteiger partial charge in [0.05, 0.1) is 11.0 Å². The molecule has 0 fully saturated rings. The van der Waals surface area contributed by atoms with Crippen LogP contribution in [0.15, 0.2) is 140 Å². The van der Waals surface area contributed by atoms with Gasteiger partial charge < -0.3 is 4.57 Å². The van der Waals surface area contributed by atoms with E-state index >= 15 is 0 Å². The number of nitriles is 1. The number of benzene rings is 5. The Kier molecular flexibility index (Phi) is 5.50. The lowest BCUT2D eigenvalue weighted by Gasteiger charge is -2.14. The van der Waals surface area contributed by atoms with Crippen molar-refractivity contribution in [3.8, 4) is 45.1 Å². The van der Waals surface area contributed by atoms with Crippen LogP contribution in [0, 0.1) is 11.3 Å². The Morgan fingerprint density at radius 2 is 1.13 bits per heavy atom. The Bertz CT molecular complexity index is 1970. The van der Waals surface area contributed by atoms with Crippen LogP contribution in [-0.2, 0) is 0 Å². The predicted octanol–water partition coefficient (Wildman–Crippen LogP) is 9.05. The van der Waals surface area contributed by atoms with Crippen molar-refractivity contribution in [2.75, 3.05) is 0 Å². The minimum Gasteiger partial charge on any atom is -0.309 e. The summed E-state index contributed by atoms with van der Waals surface area (Å²) in [6.45, 7) is 0. The average molecular weight is 498 g/mol. The first-order valence-electron chi connectivity index (χ1n) is 13.0. The van der Waals surface area contributed by atoms with Crippen LogP contribution < -0.4 is 0 Å². The summed E-state index contributed by atoms with van der Waals surface area (Å²) in [5.74, 6) is 0. The smallest absolute Gasteiger partial charge is 0.148 e. The molecule has 39 heavy (non-hydrogen) atoms. The van der Waals surface area contributed by atoms with Crippen molar-refractivity contribution < 1.29 is 0 Å². The molecule has 0 spiro atoms. The fourth-order valence-corrected chi connectivity index (χ4v) is 5.50. The third-order valence-electron chi connectivity index (χ3n) is 7.28. The van der Waals surface area contributed by atoms with Gasteiger partial charge in [-0.25, -0.2) is 4.98 Å². The summed E-state index contributed by atoms with van der Waals surface area (Å²) in [5, 5.41) is 12.2. The lowest BCUT2D eigenvalue weighted by Crippen LogP contribution is -1.95. The normalized spacial score (nSPS) is 11.1. The molecule has 0 radical (unpaired) electrons. The molecule has 0 unspecified atom stereocenters. The highest BCUT2D eigenvalue weighted by atomic mass is 15.0. The second-order valence-electron chi connectivity index (χ2n) is 9.60. The van der Waals surface area contributed by atoms with Gasteiger partial charge in [0.25, 0.3) is 0 Å². The maximum atomic E-state index is 9.75. The molecule has 7 aromatic rings. The lowest BCUT2D eigenvalue weighted by molar-refractivity contribution is 1.18. The van der Waals surface area contributed by atoms with E-state index in [-0.39, 0.29) is 0 Å². The third kappa shape index (κ3) is 3.96. The Morgan fingerprint density at radius 1 is 0.513 bits per heavy atom. The van der Waals surface area contributed by atoms with Gasteiger partial charge in [0, 0.05) is 28.2 Å². The van der Waals surface area contributed by atoms with Crippen LogP contribution in [0.1, 0.15) is 5.69 Å². The molecule has 3 heteroatoms. The monoisotopic (exact) mass is 497 g/mol. The number of rotatable bonds is 4. The highest BCUT2D eigenvalue weighted by Crippen LogP contribution is 2.36. The second kappa shape index (κ2) is 9.45. The molecule has 7 rings (SSSR count). The minimum atomic E-state index is 0.424. The summed E-state index contributed by atoms with van der Waals surface area (Å²) in [6, 6.07) is 48.8. The maximum absolute atomic E-state index is 9.75. The number of hydrogen-bond donors (Lipinski definition) is 0. The van der Waals surface area contributed by atoms with Gasteiger partial charge >= 0.3 is 0 Å². The second-order valence-corrected chi connectivity index (χ2v) is 9.60. The number of hydrogen-bond acceptors (Lipinski definition) is 2. The first kappa shape index (κ1) is 22.7. The molecular weight excluding hydrogens is 474 g/mol. The van der Waals surface area contributed by atoms with E-state index in [1.54, 1.807) is 6.20 Å². The molecule has 0 aliphatic carbocycles. The molecule has 2 heterocycles. The average Bonchev–Trinajstić information content (AvgIpc) is 3.36. The number of aromatic nitrogens is 2. The highest BCUT2D eigenvalue weighted by molar-refractivity contribution is 6.09. The summed E-state index contributed by atoms with van der Waals surface area (Å²) in [6.07, 6.45) is 1.67. The van der Waals surface area contributed by atoms with Gasteiger partial charge in [0.15, 0.2) is 0 Å². The van der Waals surface area contributed by atoms with Crippen molar-refractivity contribution >= 4 is 21.8 Å². The first-order valence-corrected chi connectivity index (χ1v) is 13.0. The Hall–Kier alpha value is -5.46. The molecule has 182 valence electrons. The maximum Gasteiger partial charge on any atom is 0.148 e. The topological polar surface area (TPSA) is 41.6 Å². The van der Waals surface area contributed by atoms with Gasteiger partial charge in [-0.15, -0.1) is 0 Å². The van der Waals surface area contributed by atoms with Gasteiger partial charge in [-0.3, -0.25) is 0 Å². The van der Waals surface area contributed by atoms with E-state index in [1.165, 1.54) is 21.8 Å². The zero-order valence-corrected chi connectivity index (χ0v) is 21.1. The number of nitrogens with zero attached hydrogens (tertiary/aromatic N) is 3. The molecule has 0 bridgehead atoms. The van der Waals surface area contributed by atoms with E-state index in [0.717, 1.165) is 39.1 Å². The van der Waals surface area contributed by atoms with Gasteiger partial charge in [0.2, 0.25) is 0 Å². The number of fused-ring (bicyclic) bond motifs is 3. The summed E-state index contributed by atoms with van der Waals surface area (Å²) >= 11 is 0. The zero-order valence-electron chi connectivity index (χ0n) is 21.1. The fraction of sp³-hybridized carbons (Fsp3) is 0. The summed E-state index contributed by atoms with van der Waals surface area (Å²) < 4.78 is 2.34. The van der Waals surface area contributed by atoms with Crippen LogP contribution in [0.5, 0.6) is 0 Å². The SMILES string of the molecule is N#Cc1ncccc1-c1cc(-c2ccccc2)cc(-c2cccc(-n3c4ccccc4c4ccccc43)c2)c1. The van der Waals surface area contributed by atoms with Gasteiger partial charge in [0.1, 0.15) is 11.8 Å². The van der Waals surface area contributed by atoms with Crippen molar-refractivity contribution in [1.82, 2.24) is 9.55 Å². The summed E-state index contributed by atoms with van der Waals surface area (Å²) in [5.41, 5.74) is 10.1. The molecule has 0 aliphatic heterocycles.